The van der Waals surface area contributed by atoms with Crippen LogP contribution in [0.4, 0.5) is 0 Å². The monoisotopic (exact) mass is 285 g/mol. The fraction of sp³-hybridized carbons (Fsp3) is 0.462. The highest BCUT2D eigenvalue weighted by Crippen LogP contribution is 2.26. The summed E-state index contributed by atoms with van der Waals surface area (Å²) in [6, 6.07) is 4.79. The molecule has 1 atom stereocenters. The summed E-state index contributed by atoms with van der Waals surface area (Å²) in [6.07, 6.45) is -0.0561. The van der Waals surface area contributed by atoms with Gasteiger partial charge in [0.1, 0.15) is 24.0 Å². The molecular weight excluding hydrogens is 270 g/mol. The van der Waals surface area contributed by atoms with E-state index in [-0.39, 0.29) is 22.4 Å². The van der Waals surface area contributed by atoms with Gasteiger partial charge in [-0.05, 0) is 19.2 Å². The van der Waals surface area contributed by atoms with Crippen LogP contribution in [0.25, 0.3) is 0 Å². The van der Waals surface area contributed by atoms with Crippen molar-refractivity contribution in [3.8, 4) is 5.75 Å². The second-order valence-electron chi connectivity index (χ2n) is 4.48. The highest BCUT2D eigenvalue weighted by molar-refractivity contribution is 6.33. The Kier molecular flexibility index (Phi) is 4.63. The number of likely N-dealkylation sites (N-methyl/N-ethyl adjacent to an activating group) is 1. The number of ether oxygens (including phenoxy) is 2. The van der Waals surface area contributed by atoms with E-state index in [9.17, 15) is 4.79 Å². The maximum Gasteiger partial charge on any atom is 0.341 e. The normalized spacial score (nSPS) is 20.2. The molecule has 2 rings (SSSR count). The van der Waals surface area contributed by atoms with Crippen LogP contribution in [0.5, 0.6) is 5.75 Å². The average Bonchev–Trinajstić information content (AvgIpc) is 2.36. The molecule has 1 N–H and O–H groups in total. The molecule has 0 spiro atoms. The smallest absolute Gasteiger partial charge is 0.341 e. The van der Waals surface area contributed by atoms with Gasteiger partial charge in [-0.1, -0.05) is 17.7 Å². The molecule has 6 heteroatoms. The predicted molar refractivity (Wildman–Crippen MR) is 71.1 cm³/mol. The molecule has 19 heavy (non-hydrogen) atoms. The second kappa shape index (κ2) is 6.23. The molecule has 1 aromatic rings. The molecule has 0 bridgehead atoms. The lowest BCUT2D eigenvalue weighted by molar-refractivity contribution is -0.0404. The van der Waals surface area contributed by atoms with E-state index in [1.54, 1.807) is 12.1 Å². The second-order valence-corrected chi connectivity index (χ2v) is 4.89. The van der Waals surface area contributed by atoms with Crippen LogP contribution < -0.4 is 4.74 Å². The van der Waals surface area contributed by atoms with Crippen LogP contribution in [0.3, 0.4) is 0 Å². The molecule has 1 unspecified atom stereocenters. The molecular formula is C13H16ClNO4. The SMILES string of the molecule is CN1CCOC(COc2cccc(Cl)c2C(=O)O)C1. The van der Waals surface area contributed by atoms with Gasteiger partial charge in [0, 0.05) is 13.1 Å². The Bertz CT molecular complexity index is 466. The molecule has 5 nitrogen and oxygen atoms in total. The predicted octanol–water partition coefficient (Wildman–Crippen LogP) is 1.75. The third-order valence-corrected chi connectivity index (χ3v) is 3.27. The Morgan fingerprint density at radius 2 is 2.42 bits per heavy atom. The number of carboxylic acid groups (broad SMARTS) is 1. The first kappa shape index (κ1) is 14.1. The zero-order valence-corrected chi connectivity index (χ0v) is 11.4. The van der Waals surface area contributed by atoms with Crippen molar-refractivity contribution in [1.29, 1.82) is 0 Å². The first-order valence-electron chi connectivity index (χ1n) is 6.02. The molecule has 0 radical (unpaired) electrons. The Hall–Kier alpha value is -1.30. The molecule has 1 fully saturated rings. The van der Waals surface area contributed by atoms with E-state index >= 15 is 0 Å². The van der Waals surface area contributed by atoms with Gasteiger partial charge in [0.25, 0.3) is 0 Å². The molecule has 1 saturated heterocycles. The lowest BCUT2D eigenvalue weighted by Crippen LogP contribution is -2.42. The molecule has 0 aromatic heterocycles. The summed E-state index contributed by atoms with van der Waals surface area (Å²) in [4.78, 5) is 13.3. The summed E-state index contributed by atoms with van der Waals surface area (Å²) in [5.74, 6) is -0.820. The van der Waals surface area contributed by atoms with Gasteiger partial charge in [0.15, 0.2) is 0 Å². The van der Waals surface area contributed by atoms with Crippen LogP contribution in [0.15, 0.2) is 18.2 Å². The number of hydrogen-bond acceptors (Lipinski definition) is 4. The standard InChI is InChI=1S/C13H16ClNO4/c1-15-5-6-18-9(7-15)8-19-11-4-2-3-10(14)12(11)13(16)17/h2-4,9H,5-8H2,1H3,(H,16,17). The van der Waals surface area contributed by atoms with Crippen LogP contribution in [-0.4, -0.2) is 55.4 Å². The average molecular weight is 286 g/mol. The fourth-order valence-corrected chi connectivity index (χ4v) is 2.23. The number of carboxylic acids is 1. The van der Waals surface area contributed by atoms with Crippen molar-refractivity contribution in [3.05, 3.63) is 28.8 Å². The van der Waals surface area contributed by atoms with E-state index in [1.807, 2.05) is 7.05 Å². The van der Waals surface area contributed by atoms with Crippen molar-refractivity contribution in [2.24, 2.45) is 0 Å². The molecule has 1 aliphatic rings. The number of halogens is 1. The summed E-state index contributed by atoms with van der Waals surface area (Å²) in [5.41, 5.74) is -0.00618. The number of carbonyl (C=O) groups is 1. The summed E-state index contributed by atoms with van der Waals surface area (Å²) < 4.78 is 11.1. The van der Waals surface area contributed by atoms with Gasteiger partial charge in [-0.2, -0.15) is 0 Å². The third-order valence-electron chi connectivity index (χ3n) is 2.96. The number of rotatable bonds is 4. The zero-order chi connectivity index (χ0) is 13.8. The molecule has 1 heterocycles. The van der Waals surface area contributed by atoms with Crippen LogP contribution in [0.1, 0.15) is 10.4 Å². The van der Waals surface area contributed by atoms with Gasteiger partial charge in [0.2, 0.25) is 0 Å². The van der Waals surface area contributed by atoms with Crippen LogP contribution in [0, 0.1) is 0 Å². The molecule has 0 saturated carbocycles. The van der Waals surface area contributed by atoms with Crippen molar-refractivity contribution in [1.82, 2.24) is 4.90 Å². The number of hydrogen-bond donors (Lipinski definition) is 1. The van der Waals surface area contributed by atoms with Crippen LogP contribution in [0.2, 0.25) is 5.02 Å². The summed E-state index contributed by atoms with van der Waals surface area (Å²) in [7, 11) is 2.01. The largest absolute Gasteiger partial charge is 0.490 e. The Morgan fingerprint density at radius 3 is 3.11 bits per heavy atom. The Morgan fingerprint density at radius 1 is 1.63 bits per heavy atom. The number of morpholine rings is 1. The van der Waals surface area contributed by atoms with Gasteiger partial charge in [-0.25, -0.2) is 4.79 Å². The summed E-state index contributed by atoms with van der Waals surface area (Å²) in [5, 5.41) is 9.29. The van der Waals surface area contributed by atoms with Gasteiger partial charge in [-0.3, -0.25) is 0 Å². The van der Waals surface area contributed by atoms with Crippen LogP contribution in [-0.2, 0) is 4.74 Å². The van der Waals surface area contributed by atoms with E-state index in [0.717, 1.165) is 13.1 Å². The Balaban J connectivity index is 2.03. The van der Waals surface area contributed by atoms with Crippen molar-refractivity contribution in [2.75, 3.05) is 33.4 Å². The first-order chi connectivity index (χ1) is 9.08. The van der Waals surface area contributed by atoms with Crippen LogP contribution >= 0.6 is 11.6 Å². The zero-order valence-electron chi connectivity index (χ0n) is 10.6. The number of benzene rings is 1. The topological polar surface area (TPSA) is 59.0 Å². The number of aromatic carboxylic acids is 1. The van der Waals surface area contributed by atoms with Gasteiger partial charge < -0.3 is 19.5 Å². The summed E-state index contributed by atoms with van der Waals surface area (Å²) in [6.45, 7) is 2.63. The Labute approximate surface area is 116 Å². The maximum atomic E-state index is 11.1. The minimum atomic E-state index is -1.10. The van der Waals surface area contributed by atoms with Crippen molar-refractivity contribution in [2.45, 2.75) is 6.10 Å². The molecule has 0 amide bonds. The fourth-order valence-electron chi connectivity index (χ4n) is 1.98. The van der Waals surface area contributed by atoms with Crippen molar-refractivity contribution in [3.63, 3.8) is 0 Å². The van der Waals surface area contributed by atoms with Crippen molar-refractivity contribution < 1.29 is 19.4 Å². The highest BCUT2D eigenvalue weighted by atomic mass is 35.5. The van der Waals surface area contributed by atoms with Gasteiger partial charge in [-0.15, -0.1) is 0 Å². The molecule has 104 valence electrons. The van der Waals surface area contributed by atoms with Gasteiger partial charge >= 0.3 is 5.97 Å². The number of nitrogens with zero attached hydrogens (tertiary/aromatic N) is 1. The van der Waals surface area contributed by atoms with E-state index in [2.05, 4.69) is 4.90 Å². The third kappa shape index (κ3) is 3.59. The maximum absolute atomic E-state index is 11.1. The van der Waals surface area contributed by atoms with E-state index in [4.69, 9.17) is 26.2 Å². The molecule has 1 aromatic carbocycles. The lowest BCUT2D eigenvalue weighted by atomic mass is 10.2. The van der Waals surface area contributed by atoms with Gasteiger partial charge in [0.05, 0.1) is 11.6 Å². The summed E-state index contributed by atoms with van der Waals surface area (Å²) >= 11 is 5.87. The minimum absolute atomic E-state index is 0.00618. The van der Waals surface area contributed by atoms with E-state index in [1.165, 1.54) is 6.07 Å². The minimum Gasteiger partial charge on any atom is -0.490 e. The lowest BCUT2D eigenvalue weighted by Gasteiger charge is -2.30. The highest BCUT2D eigenvalue weighted by Gasteiger charge is 2.20. The molecule has 1 aliphatic heterocycles. The first-order valence-corrected chi connectivity index (χ1v) is 6.40. The quantitative estimate of drug-likeness (QED) is 0.913. The van der Waals surface area contributed by atoms with Crippen molar-refractivity contribution >= 4 is 17.6 Å². The van der Waals surface area contributed by atoms with E-state index < -0.39 is 5.97 Å². The molecule has 0 aliphatic carbocycles. The van der Waals surface area contributed by atoms with E-state index in [0.29, 0.717) is 13.2 Å².